The highest BCUT2D eigenvalue weighted by molar-refractivity contribution is 5.76. The molecule has 1 aliphatic heterocycles. The molecule has 0 bridgehead atoms. The second-order valence-electron chi connectivity index (χ2n) is 10.2. The molecule has 2 aromatic heterocycles. The number of likely N-dealkylation sites (tertiary alicyclic amines) is 1. The second-order valence-corrected chi connectivity index (χ2v) is 10.2. The number of methoxy groups -OCH3 is 1. The molecule has 0 spiro atoms. The summed E-state index contributed by atoms with van der Waals surface area (Å²) in [6, 6.07) is 3.25. The number of alkyl halides is 3. The Balaban J connectivity index is 1.79. The SMILES string of the molecule is CNC[C@@H](O)COc1ccc(C(F)(F)F)c(-c2nc(NC3CCN(C(=O)OC)CC3)c(C)c(-c3c(C)noc3C)n2)c1. The van der Waals surface area contributed by atoms with Crippen molar-refractivity contribution in [2.75, 3.05) is 45.7 Å². The van der Waals surface area contributed by atoms with E-state index in [-0.39, 0.29) is 36.3 Å². The van der Waals surface area contributed by atoms with Crippen LogP contribution >= 0.6 is 0 Å². The van der Waals surface area contributed by atoms with E-state index in [4.69, 9.17) is 14.0 Å². The van der Waals surface area contributed by atoms with E-state index in [0.29, 0.717) is 60.0 Å². The van der Waals surface area contributed by atoms with E-state index in [9.17, 15) is 23.1 Å². The standard InChI is InChI=1S/C28H35F3N6O5/c1-15-24(23-16(2)36-42-17(23)3)34-26(35-25(15)33-18-8-10-37(11-9-18)27(39)40-5)21-12-20(41-14-19(38)13-32-4)6-7-22(21)28(29,30)31/h6-7,12,18-19,32,38H,8-11,13-14H2,1-5H3,(H,33,34,35)/t19-/m1/s1. The van der Waals surface area contributed by atoms with Crippen molar-refractivity contribution < 1.29 is 37.1 Å². The van der Waals surface area contributed by atoms with Gasteiger partial charge in [0.25, 0.3) is 0 Å². The van der Waals surface area contributed by atoms with Gasteiger partial charge < -0.3 is 34.6 Å². The van der Waals surface area contributed by atoms with E-state index in [0.717, 1.165) is 6.07 Å². The summed E-state index contributed by atoms with van der Waals surface area (Å²) in [6.07, 6.45) is -4.80. The Bertz CT molecular complexity index is 1390. The van der Waals surface area contributed by atoms with Crippen LogP contribution in [0.1, 0.15) is 35.4 Å². The molecule has 14 heteroatoms. The molecule has 1 fully saturated rings. The number of hydrogen-bond donors (Lipinski definition) is 3. The smallest absolute Gasteiger partial charge is 0.417 e. The molecule has 0 aliphatic carbocycles. The van der Waals surface area contributed by atoms with Crippen molar-refractivity contribution in [3.63, 3.8) is 0 Å². The van der Waals surface area contributed by atoms with E-state index in [2.05, 4.69) is 25.8 Å². The number of benzene rings is 1. The maximum absolute atomic E-state index is 14.2. The number of anilines is 1. The van der Waals surface area contributed by atoms with Gasteiger partial charge >= 0.3 is 12.3 Å². The Hall–Kier alpha value is -3.91. The number of aromatic nitrogens is 3. The zero-order valence-electron chi connectivity index (χ0n) is 24.1. The van der Waals surface area contributed by atoms with Crippen LogP contribution in [0.25, 0.3) is 22.6 Å². The van der Waals surface area contributed by atoms with E-state index in [1.807, 2.05) is 0 Å². The van der Waals surface area contributed by atoms with Gasteiger partial charge in [0.1, 0.15) is 30.0 Å². The third-order valence-electron chi connectivity index (χ3n) is 7.10. The van der Waals surface area contributed by atoms with Crippen molar-refractivity contribution in [1.29, 1.82) is 0 Å². The van der Waals surface area contributed by atoms with Gasteiger partial charge in [-0.25, -0.2) is 14.8 Å². The lowest BCUT2D eigenvalue weighted by Crippen LogP contribution is -2.42. The number of nitrogens with zero attached hydrogens (tertiary/aromatic N) is 4. The molecule has 3 heterocycles. The summed E-state index contributed by atoms with van der Waals surface area (Å²) in [5.41, 5.74) is 0.880. The van der Waals surface area contributed by atoms with Gasteiger partial charge in [-0.3, -0.25) is 0 Å². The molecule has 3 N–H and O–H groups in total. The monoisotopic (exact) mass is 592 g/mol. The van der Waals surface area contributed by atoms with Crippen LogP contribution in [-0.4, -0.2) is 83.8 Å². The van der Waals surface area contributed by atoms with Crippen LogP contribution in [0.3, 0.4) is 0 Å². The van der Waals surface area contributed by atoms with Crippen molar-refractivity contribution in [3.8, 4) is 28.4 Å². The van der Waals surface area contributed by atoms with Gasteiger partial charge in [0, 0.05) is 36.8 Å². The predicted molar refractivity (Wildman–Crippen MR) is 148 cm³/mol. The molecule has 11 nitrogen and oxygen atoms in total. The van der Waals surface area contributed by atoms with Crippen molar-refractivity contribution >= 4 is 11.9 Å². The van der Waals surface area contributed by atoms with Gasteiger partial charge in [-0.15, -0.1) is 0 Å². The number of aliphatic hydroxyl groups excluding tert-OH is 1. The van der Waals surface area contributed by atoms with Crippen LogP contribution in [0.5, 0.6) is 5.75 Å². The Morgan fingerprint density at radius 2 is 1.93 bits per heavy atom. The Morgan fingerprint density at radius 3 is 2.52 bits per heavy atom. The van der Waals surface area contributed by atoms with Crippen molar-refractivity contribution in [3.05, 3.63) is 40.8 Å². The number of nitrogens with one attached hydrogen (secondary N) is 2. The normalized spacial score (nSPS) is 15.0. The molecule has 0 radical (unpaired) electrons. The molecule has 1 atom stereocenters. The third kappa shape index (κ3) is 6.93. The fourth-order valence-corrected chi connectivity index (χ4v) is 4.90. The number of ether oxygens (including phenoxy) is 2. The van der Waals surface area contributed by atoms with Crippen LogP contribution in [0.15, 0.2) is 22.7 Å². The molecule has 0 unspecified atom stereocenters. The Kier molecular flexibility index (Phi) is 9.57. The number of piperidine rings is 1. The number of rotatable bonds is 9. The first-order valence-electron chi connectivity index (χ1n) is 13.5. The van der Waals surface area contributed by atoms with Gasteiger partial charge in [0.05, 0.1) is 29.6 Å². The predicted octanol–water partition coefficient (Wildman–Crippen LogP) is 4.34. The van der Waals surface area contributed by atoms with Crippen molar-refractivity contribution in [1.82, 2.24) is 25.3 Å². The number of aryl methyl sites for hydroxylation is 2. The summed E-state index contributed by atoms with van der Waals surface area (Å²) in [5.74, 6) is 0.777. The van der Waals surface area contributed by atoms with E-state index >= 15 is 0 Å². The largest absolute Gasteiger partial charge is 0.491 e. The highest BCUT2D eigenvalue weighted by atomic mass is 19.4. The van der Waals surface area contributed by atoms with Crippen LogP contribution in [0, 0.1) is 20.8 Å². The fourth-order valence-electron chi connectivity index (χ4n) is 4.90. The van der Waals surface area contributed by atoms with Gasteiger partial charge in [-0.2, -0.15) is 13.2 Å². The number of amides is 1. The molecule has 0 saturated carbocycles. The highest BCUT2D eigenvalue weighted by Crippen LogP contribution is 2.40. The number of halogens is 3. The van der Waals surface area contributed by atoms with Gasteiger partial charge in [0.2, 0.25) is 0 Å². The van der Waals surface area contributed by atoms with E-state index in [1.165, 1.54) is 19.2 Å². The summed E-state index contributed by atoms with van der Waals surface area (Å²) in [4.78, 5) is 22.7. The summed E-state index contributed by atoms with van der Waals surface area (Å²) < 4.78 is 58.5. The third-order valence-corrected chi connectivity index (χ3v) is 7.10. The summed E-state index contributed by atoms with van der Waals surface area (Å²) in [5, 5.41) is 20.2. The lowest BCUT2D eigenvalue weighted by atomic mass is 10.0. The number of aliphatic hydroxyl groups is 1. The molecular formula is C28H35F3N6O5. The number of carbonyl (C=O) groups is 1. The lowest BCUT2D eigenvalue weighted by molar-refractivity contribution is -0.137. The molecular weight excluding hydrogens is 557 g/mol. The van der Waals surface area contributed by atoms with Gasteiger partial charge in [-0.1, -0.05) is 5.16 Å². The highest BCUT2D eigenvalue weighted by Gasteiger charge is 2.35. The number of likely N-dealkylation sites (N-methyl/N-ethyl adjacent to an activating group) is 1. The number of carbonyl (C=O) groups excluding carboxylic acids is 1. The molecule has 4 rings (SSSR count). The minimum absolute atomic E-state index is 0.102. The number of hydrogen-bond acceptors (Lipinski definition) is 10. The van der Waals surface area contributed by atoms with Crippen molar-refractivity contribution in [2.24, 2.45) is 0 Å². The van der Waals surface area contributed by atoms with Gasteiger partial charge in [0.15, 0.2) is 5.82 Å². The average molecular weight is 593 g/mol. The van der Waals surface area contributed by atoms with Crippen LogP contribution < -0.4 is 15.4 Å². The van der Waals surface area contributed by atoms with Gasteiger partial charge in [-0.05, 0) is 58.9 Å². The first kappa shape index (κ1) is 31.0. The molecule has 42 heavy (non-hydrogen) atoms. The Morgan fingerprint density at radius 1 is 1.21 bits per heavy atom. The van der Waals surface area contributed by atoms with Crippen molar-refractivity contribution in [2.45, 2.75) is 51.9 Å². The van der Waals surface area contributed by atoms with Crippen LogP contribution in [0.2, 0.25) is 0 Å². The molecule has 1 aliphatic rings. The topological polar surface area (TPSA) is 135 Å². The van der Waals surface area contributed by atoms with E-state index in [1.54, 1.807) is 32.7 Å². The lowest BCUT2D eigenvalue weighted by Gasteiger charge is -2.32. The zero-order chi connectivity index (χ0) is 30.6. The minimum atomic E-state index is -4.70. The van der Waals surface area contributed by atoms with Crippen LogP contribution in [0.4, 0.5) is 23.8 Å². The molecule has 228 valence electrons. The maximum atomic E-state index is 14.2. The molecule has 1 saturated heterocycles. The first-order valence-corrected chi connectivity index (χ1v) is 13.5. The van der Waals surface area contributed by atoms with E-state index < -0.39 is 23.9 Å². The summed E-state index contributed by atoms with van der Waals surface area (Å²) in [7, 11) is 2.99. The quantitative estimate of drug-likeness (QED) is 0.329. The molecule has 1 amide bonds. The summed E-state index contributed by atoms with van der Waals surface area (Å²) in [6.45, 7) is 6.26. The molecule has 1 aromatic carbocycles. The summed E-state index contributed by atoms with van der Waals surface area (Å²) >= 11 is 0. The molecule has 3 aromatic rings. The minimum Gasteiger partial charge on any atom is -0.491 e. The zero-order valence-corrected chi connectivity index (χ0v) is 24.1. The average Bonchev–Trinajstić information content (AvgIpc) is 3.29. The fraction of sp³-hybridized carbons (Fsp3) is 0.500. The van der Waals surface area contributed by atoms with Crippen LogP contribution in [-0.2, 0) is 10.9 Å². The Labute approximate surface area is 241 Å². The second kappa shape index (κ2) is 12.9. The first-order chi connectivity index (χ1) is 19.9. The maximum Gasteiger partial charge on any atom is 0.417 e.